The van der Waals surface area contributed by atoms with E-state index in [1.165, 1.54) is 12.8 Å². The minimum Gasteiger partial charge on any atom is -0.383 e. The van der Waals surface area contributed by atoms with Gasteiger partial charge in [0.1, 0.15) is 11.5 Å². The molecule has 0 unspecified atom stereocenters. The van der Waals surface area contributed by atoms with Crippen LogP contribution in [-0.4, -0.2) is 35.0 Å². The molecule has 9 heteroatoms. The summed E-state index contributed by atoms with van der Waals surface area (Å²) in [6.07, 6.45) is 5.40. The summed E-state index contributed by atoms with van der Waals surface area (Å²) in [6.45, 7) is 1.53. The molecule has 2 aliphatic rings. The highest BCUT2D eigenvalue weighted by molar-refractivity contribution is 6.44. The van der Waals surface area contributed by atoms with Crippen LogP contribution >= 0.6 is 23.2 Å². The number of piperidine rings is 1. The number of primary amides is 1. The van der Waals surface area contributed by atoms with E-state index in [2.05, 4.69) is 9.97 Å². The summed E-state index contributed by atoms with van der Waals surface area (Å²) < 4.78 is 0. The quantitative estimate of drug-likeness (QED) is 0.680. The molecule has 1 saturated heterocycles. The van der Waals surface area contributed by atoms with Gasteiger partial charge in [-0.1, -0.05) is 41.8 Å². The third-order valence-corrected chi connectivity index (χ3v) is 7.22. The highest BCUT2D eigenvalue weighted by atomic mass is 35.5. The number of rotatable bonds is 3. The first-order valence-corrected chi connectivity index (χ1v) is 10.5. The maximum Gasteiger partial charge on any atom is 0.268 e. The number of benzene rings is 1. The molecule has 2 fully saturated rings. The second-order valence-corrected chi connectivity index (χ2v) is 8.73. The molecule has 6 N–H and O–H groups in total. The predicted octanol–water partition coefficient (Wildman–Crippen LogP) is 3.23. The number of hydrogen-bond donors (Lipinski definition) is 3. The lowest BCUT2D eigenvalue weighted by Crippen LogP contribution is -2.47. The van der Waals surface area contributed by atoms with Crippen molar-refractivity contribution in [2.75, 3.05) is 23.7 Å². The molecule has 1 spiro atoms. The first kappa shape index (κ1) is 20.2. The van der Waals surface area contributed by atoms with Gasteiger partial charge in [-0.15, -0.1) is 0 Å². The van der Waals surface area contributed by atoms with Crippen molar-refractivity contribution in [1.82, 2.24) is 9.97 Å². The molecule has 1 saturated carbocycles. The topological polar surface area (TPSA) is 124 Å². The normalized spacial score (nSPS) is 20.9. The Bertz CT molecular complexity index is 958. The fraction of sp³-hybridized carbons (Fsp3) is 0.450. The number of nitrogens with two attached hydrogens (primary N) is 3. The van der Waals surface area contributed by atoms with Gasteiger partial charge in [0.2, 0.25) is 5.95 Å². The van der Waals surface area contributed by atoms with Crippen molar-refractivity contribution in [3.05, 3.63) is 33.9 Å². The number of anilines is 2. The molecule has 1 aliphatic carbocycles. The van der Waals surface area contributed by atoms with Crippen LogP contribution in [0.15, 0.2) is 18.2 Å². The molecular weight excluding hydrogens is 411 g/mol. The summed E-state index contributed by atoms with van der Waals surface area (Å²) in [5, 5.41) is 0.618. The molecule has 0 radical (unpaired) electrons. The number of nitrogens with zero attached hydrogens (tertiary/aromatic N) is 3. The lowest BCUT2D eigenvalue weighted by Gasteiger charge is -2.42. The average Bonchev–Trinajstić information content (AvgIpc) is 3.04. The molecule has 0 bridgehead atoms. The first-order chi connectivity index (χ1) is 13.8. The van der Waals surface area contributed by atoms with Gasteiger partial charge in [0, 0.05) is 24.7 Å². The monoisotopic (exact) mass is 434 g/mol. The van der Waals surface area contributed by atoms with E-state index in [4.69, 9.17) is 40.4 Å². The van der Waals surface area contributed by atoms with E-state index in [0.717, 1.165) is 32.4 Å². The molecule has 1 amide bonds. The van der Waals surface area contributed by atoms with Crippen molar-refractivity contribution in [2.24, 2.45) is 16.9 Å². The van der Waals surface area contributed by atoms with E-state index in [1.54, 1.807) is 18.2 Å². The Kier molecular flexibility index (Phi) is 5.31. The molecule has 7 nitrogen and oxygen atoms in total. The maximum absolute atomic E-state index is 12.2. The fourth-order valence-electron chi connectivity index (χ4n) is 4.69. The lowest BCUT2D eigenvalue weighted by atomic mass is 9.74. The van der Waals surface area contributed by atoms with Crippen LogP contribution in [0.4, 0.5) is 11.8 Å². The van der Waals surface area contributed by atoms with Gasteiger partial charge in [0.05, 0.1) is 15.6 Å². The Morgan fingerprint density at radius 3 is 2.52 bits per heavy atom. The molecule has 29 heavy (non-hydrogen) atoms. The summed E-state index contributed by atoms with van der Waals surface area (Å²) in [4.78, 5) is 23.2. The molecule has 154 valence electrons. The van der Waals surface area contributed by atoms with Crippen molar-refractivity contribution in [2.45, 2.75) is 38.1 Å². The van der Waals surface area contributed by atoms with E-state index in [0.29, 0.717) is 22.1 Å². The SMILES string of the molecule is NC(=O)c1nc(N2CCC3(CCC[C@H]3N)CC2)nc(N)c1-c1cccc(Cl)c1Cl. The Morgan fingerprint density at radius 1 is 1.17 bits per heavy atom. The highest BCUT2D eigenvalue weighted by Crippen LogP contribution is 2.46. The van der Waals surface area contributed by atoms with Crippen LogP contribution in [0.1, 0.15) is 42.6 Å². The molecule has 1 aromatic carbocycles. The van der Waals surface area contributed by atoms with Gasteiger partial charge in [0.25, 0.3) is 5.91 Å². The molecule has 1 aliphatic heterocycles. The molecular formula is C20H24Cl2N6O. The van der Waals surface area contributed by atoms with E-state index in [9.17, 15) is 4.79 Å². The van der Waals surface area contributed by atoms with Crippen LogP contribution < -0.4 is 22.1 Å². The van der Waals surface area contributed by atoms with Crippen molar-refractivity contribution in [3.8, 4) is 11.1 Å². The summed E-state index contributed by atoms with van der Waals surface area (Å²) in [5.74, 6) is -0.150. The Morgan fingerprint density at radius 2 is 1.90 bits per heavy atom. The Labute approximate surface area is 179 Å². The van der Waals surface area contributed by atoms with Crippen LogP contribution in [0, 0.1) is 5.41 Å². The van der Waals surface area contributed by atoms with Crippen molar-refractivity contribution in [1.29, 1.82) is 0 Å². The van der Waals surface area contributed by atoms with Gasteiger partial charge < -0.3 is 22.1 Å². The minimum atomic E-state index is -0.697. The second kappa shape index (κ2) is 7.63. The van der Waals surface area contributed by atoms with E-state index in [-0.39, 0.29) is 28.0 Å². The van der Waals surface area contributed by atoms with E-state index in [1.807, 2.05) is 4.90 Å². The van der Waals surface area contributed by atoms with Gasteiger partial charge >= 0.3 is 0 Å². The van der Waals surface area contributed by atoms with Gasteiger partial charge in [0.15, 0.2) is 0 Å². The average molecular weight is 435 g/mol. The van der Waals surface area contributed by atoms with Gasteiger partial charge in [-0.25, -0.2) is 4.98 Å². The van der Waals surface area contributed by atoms with Crippen LogP contribution in [0.25, 0.3) is 11.1 Å². The van der Waals surface area contributed by atoms with Crippen LogP contribution in [0.5, 0.6) is 0 Å². The summed E-state index contributed by atoms with van der Waals surface area (Å²) in [6, 6.07) is 5.34. The summed E-state index contributed by atoms with van der Waals surface area (Å²) in [5.41, 5.74) is 19.3. The van der Waals surface area contributed by atoms with Crippen LogP contribution in [0.2, 0.25) is 10.0 Å². The minimum absolute atomic E-state index is 0.0366. The number of hydrogen-bond acceptors (Lipinski definition) is 6. The van der Waals surface area contributed by atoms with E-state index < -0.39 is 5.91 Å². The lowest BCUT2D eigenvalue weighted by molar-refractivity contribution is 0.0996. The third kappa shape index (κ3) is 3.52. The number of aromatic nitrogens is 2. The zero-order valence-corrected chi connectivity index (χ0v) is 17.5. The first-order valence-electron chi connectivity index (χ1n) is 9.74. The Hall–Kier alpha value is -2.09. The summed E-state index contributed by atoms with van der Waals surface area (Å²) >= 11 is 12.5. The van der Waals surface area contributed by atoms with Crippen LogP contribution in [-0.2, 0) is 0 Å². The zero-order valence-electron chi connectivity index (χ0n) is 16.0. The fourth-order valence-corrected chi connectivity index (χ4v) is 5.08. The van der Waals surface area contributed by atoms with Crippen LogP contribution in [0.3, 0.4) is 0 Å². The standard InChI is InChI=1S/C20H24Cl2N6O/c21-12-4-1-3-11(15(12)22)14-16(18(25)29)26-19(27-17(14)24)28-9-7-20(8-10-28)6-2-5-13(20)23/h1,3-4,13H,2,5-10,23H2,(H2,25,29)(H2,24,26,27)/t13-/m1/s1. The zero-order chi connectivity index (χ0) is 20.8. The molecule has 1 aromatic heterocycles. The number of carbonyl (C=O) groups excluding carboxylic acids is 1. The number of amides is 1. The van der Waals surface area contributed by atoms with Gasteiger partial charge in [-0.3, -0.25) is 4.79 Å². The van der Waals surface area contributed by atoms with Gasteiger partial charge in [-0.05, 0) is 37.2 Å². The third-order valence-electron chi connectivity index (χ3n) is 6.40. The largest absolute Gasteiger partial charge is 0.383 e. The maximum atomic E-state index is 12.2. The van der Waals surface area contributed by atoms with Gasteiger partial charge in [-0.2, -0.15) is 4.98 Å². The molecule has 2 heterocycles. The second-order valence-electron chi connectivity index (χ2n) is 7.95. The number of halogens is 2. The molecule has 1 atom stereocenters. The predicted molar refractivity (Wildman–Crippen MR) is 116 cm³/mol. The summed E-state index contributed by atoms with van der Waals surface area (Å²) in [7, 11) is 0. The number of carbonyl (C=O) groups is 1. The smallest absolute Gasteiger partial charge is 0.268 e. The number of nitrogen functional groups attached to an aromatic ring is 1. The highest BCUT2D eigenvalue weighted by Gasteiger charge is 2.43. The Balaban J connectivity index is 1.69. The van der Waals surface area contributed by atoms with E-state index >= 15 is 0 Å². The molecule has 2 aromatic rings. The van der Waals surface area contributed by atoms with Crippen molar-refractivity contribution < 1.29 is 4.79 Å². The molecule has 4 rings (SSSR count). The van der Waals surface area contributed by atoms with Crippen molar-refractivity contribution in [3.63, 3.8) is 0 Å². The van der Waals surface area contributed by atoms with Crippen molar-refractivity contribution >= 4 is 40.9 Å².